The summed E-state index contributed by atoms with van der Waals surface area (Å²) in [6, 6.07) is 5.70. The van der Waals surface area contributed by atoms with Gasteiger partial charge in [-0.2, -0.15) is 0 Å². The molecule has 0 saturated heterocycles. The molecule has 1 aromatic heterocycles. The second kappa shape index (κ2) is 4.91. The van der Waals surface area contributed by atoms with Gasteiger partial charge in [0.1, 0.15) is 5.69 Å². The van der Waals surface area contributed by atoms with Crippen molar-refractivity contribution in [3.05, 3.63) is 34.5 Å². The van der Waals surface area contributed by atoms with E-state index < -0.39 is 0 Å². The first-order chi connectivity index (χ1) is 9.24. The number of hydrogen-bond donors (Lipinski definition) is 2. The van der Waals surface area contributed by atoms with E-state index >= 15 is 0 Å². The van der Waals surface area contributed by atoms with E-state index in [1.54, 1.807) is 12.3 Å². The number of hydrogen-bond acceptors (Lipinski definition) is 3. The van der Waals surface area contributed by atoms with Crippen LogP contribution < -0.4 is 5.32 Å². The molecule has 0 atom stereocenters. The van der Waals surface area contributed by atoms with Gasteiger partial charge in [-0.05, 0) is 25.0 Å². The first-order valence-electron chi connectivity index (χ1n) is 6.76. The Labute approximate surface area is 111 Å². The van der Waals surface area contributed by atoms with Crippen molar-refractivity contribution >= 4 is 22.3 Å². The Bertz CT molecular complexity index is 600. The fourth-order valence-electron chi connectivity index (χ4n) is 2.82. The molecule has 1 heterocycles. The van der Waals surface area contributed by atoms with Gasteiger partial charge in [0, 0.05) is 29.2 Å². The summed E-state index contributed by atoms with van der Waals surface area (Å²) in [5.74, 6) is 0. The van der Waals surface area contributed by atoms with Gasteiger partial charge >= 0.3 is 0 Å². The largest absolute Gasteiger partial charge is 0.377 e. The lowest BCUT2D eigenvalue weighted by Gasteiger charge is -2.23. The molecule has 1 aliphatic rings. The fraction of sp³-hybridized carbons (Fsp3) is 0.429. The minimum atomic E-state index is -0.308. The third-order valence-electron chi connectivity index (χ3n) is 3.83. The van der Waals surface area contributed by atoms with Crippen LogP contribution in [0.3, 0.4) is 0 Å². The zero-order valence-corrected chi connectivity index (χ0v) is 10.7. The minimum absolute atomic E-state index is 0.165. The molecular formula is C14H17N3O2. The summed E-state index contributed by atoms with van der Waals surface area (Å²) in [4.78, 5) is 14.0. The highest BCUT2D eigenvalue weighted by atomic mass is 16.6. The number of aromatic nitrogens is 1. The number of nitrogens with zero attached hydrogens (tertiary/aromatic N) is 1. The van der Waals surface area contributed by atoms with Gasteiger partial charge in [0.05, 0.1) is 4.92 Å². The smallest absolute Gasteiger partial charge is 0.293 e. The molecule has 19 heavy (non-hydrogen) atoms. The van der Waals surface area contributed by atoms with Crippen LogP contribution in [-0.4, -0.2) is 15.9 Å². The molecule has 5 heteroatoms. The molecule has 3 rings (SSSR count). The molecule has 0 radical (unpaired) electrons. The Balaban J connectivity index is 1.94. The van der Waals surface area contributed by atoms with Crippen molar-refractivity contribution in [1.29, 1.82) is 0 Å². The van der Waals surface area contributed by atoms with Crippen molar-refractivity contribution in [2.75, 3.05) is 5.32 Å². The van der Waals surface area contributed by atoms with E-state index in [0.29, 0.717) is 11.7 Å². The van der Waals surface area contributed by atoms with Crippen LogP contribution in [0.1, 0.15) is 32.1 Å². The van der Waals surface area contributed by atoms with Crippen LogP contribution in [0.2, 0.25) is 0 Å². The average molecular weight is 259 g/mol. The van der Waals surface area contributed by atoms with Gasteiger partial charge in [-0.1, -0.05) is 19.3 Å². The first-order valence-corrected chi connectivity index (χ1v) is 6.76. The van der Waals surface area contributed by atoms with Crippen molar-refractivity contribution in [3.63, 3.8) is 0 Å². The summed E-state index contributed by atoms with van der Waals surface area (Å²) in [5.41, 5.74) is 1.73. The highest BCUT2D eigenvalue weighted by molar-refractivity contribution is 5.88. The lowest BCUT2D eigenvalue weighted by atomic mass is 9.95. The number of anilines is 1. The molecule has 0 bridgehead atoms. The maximum Gasteiger partial charge on any atom is 0.293 e. The van der Waals surface area contributed by atoms with Gasteiger partial charge in [-0.3, -0.25) is 10.1 Å². The molecular weight excluding hydrogens is 242 g/mol. The number of nitro benzene ring substituents is 1. The van der Waals surface area contributed by atoms with Gasteiger partial charge in [0.25, 0.3) is 5.69 Å². The quantitative estimate of drug-likeness (QED) is 0.650. The van der Waals surface area contributed by atoms with E-state index in [0.717, 1.165) is 23.7 Å². The number of rotatable bonds is 3. The van der Waals surface area contributed by atoms with Crippen molar-refractivity contribution in [2.24, 2.45) is 0 Å². The van der Waals surface area contributed by atoms with Crippen LogP contribution in [0.15, 0.2) is 24.4 Å². The maximum atomic E-state index is 11.2. The lowest BCUT2D eigenvalue weighted by molar-refractivity contribution is -0.383. The Morgan fingerprint density at radius 1 is 1.26 bits per heavy atom. The summed E-state index contributed by atoms with van der Waals surface area (Å²) < 4.78 is 0. The molecule has 2 N–H and O–H groups in total. The molecule has 1 aromatic carbocycles. The van der Waals surface area contributed by atoms with E-state index in [1.165, 1.54) is 19.3 Å². The highest BCUT2D eigenvalue weighted by Crippen LogP contribution is 2.32. The maximum absolute atomic E-state index is 11.2. The van der Waals surface area contributed by atoms with Crippen molar-refractivity contribution < 1.29 is 4.92 Å². The molecule has 1 aliphatic carbocycles. The summed E-state index contributed by atoms with van der Waals surface area (Å²) in [5, 5.41) is 15.4. The minimum Gasteiger partial charge on any atom is -0.377 e. The fourth-order valence-corrected chi connectivity index (χ4v) is 2.82. The summed E-state index contributed by atoms with van der Waals surface area (Å²) in [6.45, 7) is 0. The number of benzene rings is 1. The molecule has 0 spiro atoms. The Morgan fingerprint density at radius 2 is 2.05 bits per heavy atom. The standard InChI is InChI=1S/C14H17N3O2/c18-17(19)14-8-10-6-7-15-12(10)9-13(14)16-11-4-2-1-3-5-11/h6-9,11,15-16H,1-5H2. The average Bonchev–Trinajstić information content (AvgIpc) is 2.86. The van der Waals surface area contributed by atoms with E-state index in [-0.39, 0.29) is 10.6 Å². The van der Waals surface area contributed by atoms with Crippen LogP contribution in [0.5, 0.6) is 0 Å². The predicted octanol–water partition coefficient (Wildman–Crippen LogP) is 3.82. The second-order valence-corrected chi connectivity index (χ2v) is 5.17. The van der Waals surface area contributed by atoms with E-state index in [9.17, 15) is 10.1 Å². The normalized spacial score (nSPS) is 16.6. The van der Waals surface area contributed by atoms with E-state index in [1.807, 2.05) is 12.1 Å². The third kappa shape index (κ3) is 2.41. The molecule has 5 nitrogen and oxygen atoms in total. The molecule has 1 saturated carbocycles. The van der Waals surface area contributed by atoms with Crippen LogP contribution in [0.4, 0.5) is 11.4 Å². The monoisotopic (exact) mass is 259 g/mol. The van der Waals surface area contributed by atoms with E-state index in [4.69, 9.17) is 0 Å². The number of fused-ring (bicyclic) bond motifs is 1. The van der Waals surface area contributed by atoms with Crippen LogP contribution in [0, 0.1) is 10.1 Å². The van der Waals surface area contributed by atoms with Crippen molar-refractivity contribution in [3.8, 4) is 0 Å². The van der Waals surface area contributed by atoms with E-state index in [2.05, 4.69) is 10.3 Å². The Hall–Kier alpha value is -2.04. The third-order valence-corrected chi connectivity index (χ3v) is 3.83. The molecule has 0 unspecified atom stereocenters. The molecule has 100 valence electrons. The van der Waals surface area contributed by atoms with Crippen molar-refractivity contribution in [1.82, 2.24) is 4.98 Å². The lowest BCUT2D eigenvalue weighted by Crippen LogP contribution is -2.22. The highest BCUT2D eigenvalue weighted by Gasteiger charge is 2.20. The molecule has 0 amide bonds. The topological polar surface area (TPSA) is 71.0 Å². The summed E-state index contributed by atoms with van der Waals surface area (Å²) >= 11 is 0. The summed E-state index contributed by atoms with van der Waals surface area (Å²) in [6.07, 6.45) is 7.68. The van der Waals surface area contributed by atoms with Crippen LogP contribution >= 0.6 is 0 Å². The zero-order chi connectivity index (χ0) is 13.2. The molecule has 1 fully saturated rings. The van der Waals surface area contributed by atoms with Crippen LogP contribution in [-0.2, 0) is 0 Å². The van der Waals surface area contributed by atoms with Gasteiger partial charge < -0.3 is 10.3 Å². The summed E-state index contributed by atoms with van der Waals surface area (Å²) in [7, 11) is 0. The Kier molecular flexibility index (Phi) is 3.11. The van der Waals surface area contributed by atoms with Crippen molar-refractivity contribution in [2.45, 2.75) is 38.1 Å². The second-order valence-electron chi connectivity index (χ2n) is 5.17. The molecule has 2 aromatic rings. The van der Waals surface area contributed by atoms with Crippen LogP contribution in [0.25, 0.3) is 10.9 Å². The number of aromatic amines is 1. The number of H-pyrrole nitrogens is 1. The van der Waals surface area contributed by atoms with Gasteiger partial charge in [0.2, 0.25) is 0 Å². The van der Waals surface area contributed by atoms with Gasteiger partial charge in [-0.15, -0.1) is 0 Å². The SMILES string of the molecule is O=[N+]([O-])c1cc2cc[nH]c2cc1NC1CCCCC1. The predicted molar refractivity (Wildman–Crippen MR) is 75.4 cm³/mol. The number of nitro groups is 1. The zero-order valence-electron chi connectivity index (χ0n) is 10.7. The van der Waals surface area contributed by atoms with Gasteiger partial charge in [0.15, 0.2) is 0 Å². The molecule has 0 aliphatic heterocycles. The van der Waals surface area contributed by atoms with Gasteiger partial charge in [-0.25, -0.2) is 0 Å². The Morgan fingerprint density at radius 3 is 2.79 bits per heavy atom. The first kappa shape index (κ1) is 12.0. The number of nitrogens with one attached hydrogen (secondary N) is 2.